The Morgan fingerprint density at radius 2 is 2.27 bits per heavy atom. The average molecular weight is 217 g/mol. The van der Waals surface area contributed by atoms with Gasteiger partial charge in [-0.2, -0.15) is 0 Å². The average Bonchev–Trinajstić information content (AvgIpc) is 1.96. The van der Waals surface area contributed by atoms with Crippen LogP contribution in [0.3, 0.4) is 0 Å². The number of pyridine rings is 1. The molecule has 1 heterocycles. The van der Waals surface area contributed by atoms with Crippen molar-refractivity contribution in [3.63, 3.8) is 0 Å². The molecule has 0 fully saturated rings. The van der Waals surface area contributed by atoms with Crippen LogP contribution in [0.4, 0.5) is 5.69 Å². The Kier molecular flexibility index (Phi) is 2.34. The van der Waals surface area contributed by atoms with E-state index in [9.17, 15) is 0 Å². The molecule has 3 nitrogen and oxygen atoms in total. The Labute approximate surface area is 73.7 Å². The molecule has 1 rings (SSSR count). The van der Waals surface area contributed by atoms with Crippen LogP contribution in [-0.2, 0) is 0 Å². The minimum absolute atomic E-state index is 0.469. The predicted molar refractivity (Wildman–Crippen MR) is 47.6 cm³/mol. The number of methoxy groups -OCH3 is 1. The topological polar surface area (TPSA) is 48.1 Å². The van der Waals surface area contributed by atoms with Gasteiger partial charge in [-0.15, -0.1) is 0 Å². The first-order valence-corrected chi connectivity index (χ1v) is 3.91. The zero-order chi connectivity index (χ0) is 8.43. The number of halogens is 1. The van der Waals surface area contributed by atoms with Gasteiger partial charge in [0.2, 0.25) is 5.88 Å². The molecule has 0 aliphatic heterocycles. The van der Waals surface area contributed by atoms with Gasteiger partial charge in [-0.25, -0.2) is 4.98 Å². The molecule has 2 N–H and O–H groups in total. The van der Waals surface area contributed by atoms with E-state index < -0.39 is 0 Å². The summed E-state index contributed by atoms with van der Waals surface area (Å²) in [7, 11) is 1.55. The molecule has 0 bridgehead atoms. The molecule has 0 saturated heterocycles. The van der Waals surface area contributed by atoms with Crippen molar-refractivity contribution in [2.24, 2.45) is 0 Å². The van der Waals surface area contributed by atoms with E-state index in [1.807, 2.05) is 13.0 Å². The summed E-state index contributed by atoms with van der Waals surface area (Å²) in [6.07, 6.45) is 0. The van der Waals surface area contributed by atoms with Gasteiger partial charge in [0.15, 0.2) is 0 Å². The van der Waals surface area contributed by atoms with Crippen molar-refractivity contribution in [1.82, 2.24) is 4.98 Å². The van der Waals surface area contributed by atoms with E-state index >= 15 is 0 Å². The second kappa shape index (κ2) is 3.09. The van der Waals surface area contributed by atoms with Gasteiger partial charge >= 0.3 is 0 Å². The SMILES string of the molecule is COc1nc(C)cc(Br)c1N. The Morgan fingerprint density at radius 1 is 1.64 bits per heavy atom. The normalized spacial score (nSPS) is 9.73. The Hall–Kier alpha value is -0.770. The molecule has 0 aliphatic carbocycles. The number of nitrogens with two attached hydrogens (primary N) is 1. The van der Waals surface area contributed by atoms with Crippen molar-refractivity contribution >= 4 is 21.6 Å². The quantitative estimate of drug-likeness (QED) is 0.779. The maximum Gasteiger partial charge on any atom is 0.238 e. The van der Waals surface area contributed by atoms with Crippen LogP contribution in [0.2, 0.25) is 0 Å². The number of hydrogen-bond acceptors (Lipinski definition) is 3. The zero-order valence-electron chi connectivity index (χ0n) is 6.39. The fourth-order valence-electron chi connectivity index (χ4n) is 0.772. The van der Waals surface area contributed by atoms with Crippen molar-refractivity contribution in [3.05, 3.63) is 16.2 Å². The largest absolute Gasteiger partial charge is 0.479 e. The van der Waals surface area contributed by atoms with E-state index in [1.165, 1.54) is 0 Å². The lowest BCUT2D eigenvalue weighted by atomic mass is 10.3. The third-order valence-electron chi connectivity index (χ3n) is 1.29. The third kappa shape index (κ3) is 1.63. The molecular weight excluding hydrogens is 208 g/mol. The second-order valence-electron chi connectivity index (χ2n) is 2.17. The minimum atomic E-state index is 0.469. The molecule has 60 valence electrons. The lowest BCUT2D eigenvalue weighted by molar-refractivity contribution is 0.399. The van der Waals surface area contributed by atoms with Gasteiger partial charge in [-0.05, 0) is 28.9 Å². The lowest BCUT2D eigenvalue weighted by Gasteiger charge is -2.05. The predicted octanol–water partition coefficient (Wildman–Crippen LogP) is 1.74. The standard InChI is InChI=1S/C7H9BrN2O/c1-4-3-5(8)6(9)7(10-4)11-2/h3H,9H2,1-2H3. The zero-order valence-corrected chi connectivity index (χ0v) is 7.97. The number of nitrogen functional groups attached to an aromatic ring is 1. The molecule has 0 aliphatic rings. The molecule has 0 aromatic carbocycles. The number of aromatic nitrogens is 1. The van der Waals surface area contributed by atoms with Crippen molar-refractivity contribution < 1.29 is 4.74 Å². The Morgan fingerprint density at radius 3 is 2.82 bits per heavy atom. The highest BCUT2D eigenvalue weighted by Crippen LogP contribution is 2.27. The van der Waals surface area contributed by atoms with Crippen LogP contribution >= 0.6 is 15.9 Å². The van der Waals surface area contributed by atoms with Crippen molar-refractivity contribution in [3.8, 4) is 5.88 Å². The number of rotatable bonds is 1. The van der Waals surface area contributed by atoms with Gasteiger partial charge in [0, 0.05) is 10.2 Å². The van der Waals surface area contributed by atoms with Gasteiger partial charge < -0.3 is 10.5 Å². The van der Waals surface area contributed by atoms with Gasteiger partial charge in [0.05, 0.1) is 7.11 Å². The first-order chi connectivity index (χ1) is 5.15. The maximum atomic E-state index is 5.63. The van der Waals surface area contributed by atoms with Crippen molar-refractivity contribution in [2.45, 2.75) is 6.92 Å². The van der Waals surface area contributed by atoms with Crippen LogP contribution in [0.15, 0.2) is 10.5 Å². The van der Waals surface area contributed by atoms with Gasteiger partial charge in [-0.1, -0.05) is 0 Å². The van der Waals surface area contributed by atoms with Gasteiger partial charge in [0.25, 0.3) is 0 Å². The molecule has 1 aromatic heterocycles. The molecule has 4 heteroatoms. The van der Waals surface area contributed by atoms with E-state index in [-0.39, 0.29) is 0 Å². The van der Waals surface area contributed by atoms with Gasteiger partial charge in [-0.3, -0.25) is 0 Å². The van der Waals surface area contributed by atoms with Crippen molar-refractivity contribution in [1.29, 1.82) is 0 Å². The molecule has 1 aromatic rings. The maximum absolute atomic E-state index is 5.63. The van der Waals surface area contributed by atoms with E-state index in [0.29, 0.717) is 11.6 Å². The van der Waals surface area contributed by atoms with E-state index in [0.717, 1.165) is 10.2 Å². The van der Waals surface area contributed by atoms with Gasteiger partial charge in [0.1, 0.15) is 5.69 Å². The van der Waals surface area contributed by atoms with Crippen LogP contribution in [0.25, 0.3) is 0 Å². The first kappa shape index (κ1) is 8.33. The summed E-state index contributed by atoms with van der Waals surface area (Å²) in [6.45, 7) is 1.88. The fraction of sp³-hybridized carbons (Fsp3) is 0.286. The highest BCUT2D eigenvalue weighted by atomic mass is 79.9. The summed E-state index contributed by atoms with van der Waals surface area (Å²) in [4.78, 5) is 4.07. The van der Waals surface area contributed by atoms with Crippen molar-refractivity contribution in [2.75, 3.05) is 12.8 Å². The molecule has 0 unspecified atom stereocenters. The summed E-state index contributed by atoms with van der Waals surface area (Å²) >= 11 is 3.29. The third-order valence-corrected chi connectivity index (χ3v) is 1.95. The summed E-state index contributed by atoms with van der Waals surface area (Å²) in [6, 6.07) is 1.85. The van der Waals surface area contributed by atoms with E-state index in [4.69, 9.17) is 10.5 Å². The van der Waals surface area contributed by atoms with Crippen LogP contribution in [-0.4, -0.2) is 12.1 Å². The summed E-state index contributed by atoms with van der Waals surface area (Å²) in [5.41, 5.74) is 7.05. The number of hydrogen-bond donors (Lipinski definition) is 1. The summed E-state index contributed by atoms with van der Waals surface area (Å²) < 4.78 is 5.76. The smallest absolute Gasteiger partial charge is 0.238 e. The Bertz CT molecular complexity index is 275. The second-order valence-corrected chi connectivity index (χ2v) is 3.02. The van der Waals surface area contributed by atoms with Crippen LogP contribution < -0.4 is 10.5 Å². The van der Waals surface area contributed by atoms with Crippen LogP contribution in [0.5, 0.6) is 5.88 Å². The van der Waals surface area contributed by atoms with Crippen LogP contribution in [0.1, 0.15) is 5.69 Å². The summed E-state index contributed by atoms with van der Waals surface area (Å²) in [5.74, 6) is 0.469. The lowest BCUT2D eigenvalue weighted by Crippen LogP contribution is -1.97. The summed E-state index contributed by atoms with van der Waals surface area (Å²) in [5, 5.41) is 0. The van der Waals surface area contributed by atoms with E-state index in [2.05, 4.69) is 20.9 Å². The fourth-order valence-corrected chi connectivity index (χ4v) is 1.27. The molecule has 0 saturated carbocycles. The molecule has 0 spiro atoms. The molecule has 0 atom stereocenters. The Balaban J connectivity index is 3.24. The highest BCUT2D eigenvalue weighted by molar-refractivity contribution is 9.10. The molecular formula is C7H9BrN2O. The number of aryl methyl sites for hydroxylation is 1. The monoisotopic (exact) mass is 216 g/mol. The minimum Gasteiger partial charge on any atom is -0.479 e. The number of ether oxygens (including phenoxy) is 1. The number of nitrogens with zero attached hydrogens (tertiary/aromatic N) is 1. The first-order valence-electron chi connectivity index (χ1n) is 3.11. The number of anilines is 1. The molecule has 11 heavy (non-hydrogen) atoms. The van der Waals surface area contributed by atoms with Crippen LogP contribution in [0, 0.1) is 6.92 Å². The molecule has 0 amide bonds. The van der Waals surface area contributed by atoms with E-state index in [1.54, 1.807) is 7.11 Å². The highest BCUT2D eigenvalue weighted by Gasteiger charge is 2.05. The molecule has 0 radical (unpaired) electrons.